The molecule has 0 atom stereocenters. The van der Waals surface area contributed by atoms with Crippen molar-refractivity contribution in [2.45, 2.75) is 13.0 Å². The summed E-state index contributed by atoms with van der Waals surface area (Å²) >= 11 is 0. The second kappa shape index (κ2) is 7.67. The van der Waals surface area contributed by atoms with Crippen LogP contribution in [0.25, 0.3) is 11.2 Å². The Morgan fingerprint density at radius 1 is 1.19 bits per heavy atom. The number of aliphatic hydroxyl groups is 1. The number of hydrogen-bond donors (Lipinski definition) is 2. The molecule has 0 aliphatic rings. The maximum Gasteiger partial charge on any atom is 0.332 e. The predicted octanol–water partition coefficient (Wildman–Crippen LogP) is 0.285. The Hall–Kier alpha value is -3.07. The number of methoxy groups -OCH3 is 1. The highest BCUT2D eigenvalue weighted by Crippen LogP contribution is 2.23. The molecule has 2 N–H and O–H groups in total. The molecule has 144 valence electrons. The van der Waals surface area contributed by atoms with E-state index in [1.54, 1.807) is 18.7 Å². The number of hydrogen-bond acceptors (Lipinski definition) is 6. The fraction of sp³-hybridized carbons (Fsp3) is 0.389. The summed E-state index contributed by atoms with van der Waals surface area (Å²) in [6.07, 6.45) is 0.537. The number of benzene rings is 1. The zero-order chi connectivity index (χ0) is 19.6. The van der Waals surface area contributed by atoms with Crippen LogP contribution in [0.1, 0.15) is 12.0 Å². The van der Waals surface area contributed by atoms with Gasteiger partial charge in [0.1, 0.15) is 5.75 Å². The molecule has 2 heterocycles. The third kappa shape index (κ3) is 3.33. The Bertz CT molecular complexity index is 1080. The average Bonchev–Trinajstić information content (AvgIpc) is 3.04. The summed E-state index contributed by atoms with van der Waals surface area (Å²) in [7, 11) is 4.62. The van der Waals surface area contributed by atoms with E-state index in [1.165, 1.54) is 11.6 Å². The highest BCUT2D eigenvalue weighted by Gasteiger charge is 2.20. The molecule has 0 bridgehead atoms. The lowest BCUT2D eigenvalue weighted by Gasteiger charge is -2.13. The minimum absolute atomic E-state index is 0.0417. The van der Waals surface area contributed by atoms with Crippen LogP contribution in [-0.2, 0) is 20.6 Å². The first-order valence-electron chi connectivity index (χ1n) is 8.62. The van der Waals surface area contributed by atoms with E-state index in [0.29, 0.717) is 42.4 Å². The summed E-state index contributed by atoms with van der Waals surface area (Å²) in [5, 5.41) is 12.2. The van der Waals surface area contributed by atoms with Gasteiger partial charge in [-0.05, 0) is 12.5 Å². The molecule has 0 spiro atoms. The molecule has 0 aliphatic carbocycles. The highest BCUT2D eigenvalue weighted by atomic mass is 16.5. The van der Waals surface area contributed by atoms with Gasteiger partial charge in [-0.15, -0.1) is 0 Å². The van der Waals surface area contributed by atoms with Crippen LogP contribution in [0.3, 0.4) is 0 Å². The van der Waals surface area contributed by atoms with Gasteiger partial charge in [0, 0.05) is 32.8 Å². The molecule has 0 unspecified atom stereocenters. The predicted molar refractivity (Wildman–Crippen MR) is 103 cm³/mol. The first-order valence-corrected chi connectivity index (χ1v) is 8.62. The average molecular weight is 373 g/mol. The number of imidazole rings is 1. The van der Waals surface area contributed by atoms with Gasteiger partial charge in [-0.1, -0.05) is 18.2 Å². The number of ether oxygens (including phenoxy) is 1. The van der Waals surface area contributed by atoms with Gasteiger partial charge in [-0.3, -0.25) is 18.5 Å². The molecular weight excluding hydrogens is 350 g/mol. The van der Waals surface area contributed by atoms with Crippen LogP contribution in [0.5, 0.6) is 5.75 Å². The standard InChI is InChI=1S/C18H23N5O4/c1-21-15-14(16(25)22(2)18(21)26)23(17(20-15)19-9-6-10-24)11-12-7-4-5-8-13(12)27-3/h4-5,7-8,24H,6,9-11H2,1-3H3,(H,19,20). The number of nitrogens with one attached hydrogen (secondary N) is 1. The van der Waals surface area contributed by atoms with Gasteiger partial charge < -0.3 is 15.2 Å². The van der Waals surface area contributed by atoms with Crippen molar-refractivity contribution >= 4 is 17.1 Å². The van der Waals surface area contributed by atoms with Crippen LogP contribution in [0, 0.1) is 0 Å². The molecule has 0 aliphatic heterocycles. The minimum Gasteiger partial charge on any atom is -0.496 e. The van der Waals surface area contributed by atoms with Crippen LogP contribution < -0.4 is 21.3 Å². The second-order valence-corrected chi connectivity index (χ2v) is 6.22. The number of aryl methyl sites for hydroxylation is 1. The number of anilines is 1. The first kappa shape index (κ1) is 18.7. The fourth-order valence-corrected chi connectivity index (χ4v) is 3.02. The molecule has 0 amide bonds. The summed E-state index contributed by atoms with van der Waals surface area (Å²) < 4.78 is 9.58. The van der Waals surface area contributed by atoms with E-state index in [0.717, 1.165) is 10.1 Å². The van der Waals surface area contributed by atoms with Gasteiger partial charge in [-0.2, -0.15) is 4.98 Å². The molecule has 0 fully saturated rings. The van der Waals surface area contributed by atoms with Crippen LogP contribution in [0.15, 0.2) is 33.9 Å². The van der Waals surface area contributed by atoms with Crippen LogP contribution >= 0.6 is 0 Å². The van der Waals surface area contributed by atoms with Gasteiger partial charge in [0.25, 0.3) is 5.56 Å². The number of aromatic nitrogens is 4. The van der Waals surface area contributed by atoms with Gasteiger partial charge in [0.15, 0.2) is 11.2 Å². The van der Waals surface area contributed by atoms with Crippen molar-refractivity contribution in [3.8, 4) is 5.75 Å². The van der Waals surface area contributed by atoms with Crippen molar-refractivity contribution in [2.24, 2.45) is 14.1 Å². The van der Waals surface area contributed by atoms with E-state index in [1.807, 2.05) is 24.3 Å². The Labute approximate surface area is 155 Å². The van der Waals surface area contributed by atoms with E-state index < -0.39 is 11.2 Å². The van der Waals surface area contributed by atoms with Crippen molar-refractivity contribution in [2.75, 3.05) is 25.6 Å². The van der Waals surface area contributed by atoms with Crippen LogP contribution in [0.4, 0.5) is 5.95 Å². The van der Waals surface area contributed by atoms with Crippen molar-refractivity contribution in [1.82, 2.24) is 18.7 Å². The Morgan fingerprint density at radius 3 is 2.63 bits per heavy atom. The van der Waals surface area contributed by atoms with Gasteiger partial charge in [-0.25, -0.2) is 4.79 Å². The lowest BCUT2D eigenvalue weighted by Crippen LogP contribution is -2.37. The topological polar surface area (TPSA) is 103 Å². The van der Waals surface area contributed by atoms with Crippen LogP contribution in [-0.4, -0.2) is 44.1 Å². The van der Waals surface area contributed by atoms with Gasteiger partial charge >= 0.3 is 5.69 Å². The molecule has 0 saturated heterocycles. The first-order chi connectivity index (χ1) is 13.0. The maximum absolute atomic E-state index is 12.8. The summed E-state index contributed by atoms with van der Waals surface area (Å²) in [6.45, 7) is 0.870. The molecule has 0 saturated carbocycles. The van der Waals surface area contributed by atoms with Gasteiger partial charge in [0.2, 0.25) is 5.95 Å². The summed E-state index contributed by atoms with van der Waals surface area (Å²) in [5.74, 6) is 1.16. The quantitative estimate of drug-likeness (QED) is 0.577. The van der Waals surface area contributed by atoms with Crippen molar-refractivity contribution in [3.05, 3.63) is 50.7 Å². The smallest absolute Gasteiger partial charge is 0.332 e. The Balaban J connectivity index is 2.22. The highest BCUT2D eigenvalue weighted by molar-refractivity contribution is 5.74. The summed E-state index contributed by atoms with van der Waals surface area (Å²) in [4.78, 5) is 29.5. The molecule has 27 heavy (non-hydrogen) atoms. The number of rotatable bonds is 7. The fourth-order valence-electron chi connectivity index (χ4n) is 3.02. The lowest BCUT2D eigenvalue weighted by atomic mass is 10.2. The molecule has 0 radical (unpaired) electrons. The molecule has 3 rings (SSSR count). The van der Waals surface area contributed by atoms with E-state index >= 15 is 0 Å². The number of fused-ring (bicyclic) bond motifs is 1. The molecular formula is C18H23N5O4. The Morgan fingerprint density at radius 2 is 1.93 bits per heavy atom. The zero-order valence-electron chi connectivity index (χ0n) is 15.6. The maximum atomic E-state index is 12.8. The minimum atomic E-state index is -0.434. The molecule has 3 aromatic rings. The SMILES string of the molecule is COc1ccccc1Cn1c(NCCCO)nc2c1c(=O)n(C)c(=O)n2C. The monoisotopic (exact) mass is 373 g/mol. The van der Waals surface area contributed by atoms with Crippen molar-refractivity contribution in [3.63, 3.8) is 0 Å². The second-order valence-electron chi connectivity index (χ2n) is 6.22. The van der Waals surface area contributed by atoms with Crippen molar-refractivity contribution in [1.29, 1.82) is 0 Å². The largest absolute Gasteiger partial charge is 0.496 e. The van der Waals surface area contributed by atoms with E-state index in [4.69, 9.17) is 9.84 Å². The number of para-hydroxylation sites is 1. The van der Waals surface area contributed by atoms with Crippen LogP contribution in [0.2, 0.25) is 0 Å². The van der Waals surface area contributed by atoms with Gasteiger partial charge in [0.05, 0.1) is 13.7 Å². The number of nitrogens with zero attached hydrogens (tertiary/aromatic N) is 4. The molecule has 2 aromatic heterocycles. The number of aliphatic hydroxyl groups excluding tert-OH is 1. The molecule has 1 aromatic carbocycles. The van der Waals surface area contributed by atoms with E-state index in [9.17, 15) is 9.59 Å². The van der Waals surface area contributed by atoms with Crippen molar-refractivity contribution < 1.29 is 9.84 Å². The Kier molecular flexibility index (Phi) is 5.31. The molecule has 9 nitrogen and oxygen atoms in total. The normalized spacial score (nSPS) is 11.1. The zero-order valence-corrected chi connectivity index (χ0v) is 15.6. The lowest BCUT2D eigenvalue weighted by molar-refractivity contribution is 0.292. The summed E-state index contributed by atoms with van der Waals surface area (Å²) in [6, 6.07) is 7.52. The third-order valence-corrected chi connectivity index (χ3v) is 4.49. The molecule has 9 heteroatoms. The summed E-state index contributed by atoms with van der Waals surface area (Å²) in [5.41, 5.74) is 0.670. The van der Waals surface area contributed by atoms with E-state index in [2.05, 4.69) is 10.3 Å². The third-order valence-electron chi connectivity index (χ3n) is 4.49. The van der Waals surface area contributed by atoms with E-state index in [-0.39, 0.29) is 6.61 Å².